The molecule has 0 unspecified atom stereocenters. The van der Waals surface area contributed by atoms with Crippen LogP contribution in [0.25, 0.3) is 0 Å². The Labute approximate surface area is 40.4 Å². The Morgan fingerprint density at radius 3 is 2.71 bits per heavy atom. The molecule has 0 aliphatic heterocycles. The van der Waals surface area contributed by atoms with Crippen LogP contribution in [0.1, 0.15) is 5.82 Å². The van der Waals surface area contributed by atoms with Gasteiger partial charge < -0.3 is 4.98 Å². The molecule has 0 spiro atoms. The number of hydrogen-bond acceptors (Lipinski definition) is 1. The van der Waals surface area contributed by atoms with Gasteiger partial charge in [-0.2, -0.15) is 4.39 Å². The predicted molar refractivity (Wildman–Crippen MR) is 23.3 cm³/mol. The molecule has 0 bridgehead atoms. The Bertz CT molecular complexity index is 142. The molecule has 0 amide bonds. The number of nitrogens with one attached hydrogen (secondary N) is 1. The van der Waals surface area contributed by atoms with Gasteiger partial charge in [-0.3, -0.25) is 0 Å². The molecule has 1 aromatic rings. The summed E-state index contributed by atoms with van der Waals surface area (Å²) in [6, 6.07) is 0. The minimum Gasteiger partial charge on any atom is -0.319 e. The number of imidazole rings is 1. The molecule has 0 atom stereocenters. The van der Waals surface area contributed by atoms with E-state index in [0.717, 1.165) is 6.20 Å². The predicted octanol–water partition coefficient (Wildman–Crippen LogP) is 0.857. The summed E-state index contributed by atoms with van der Waals surface area (Å²) in [7, 11) is 0. The van der Waals surface area contributed by atoms with Crippen molar-refractivity contribution in [3.8, 4) is 0 Å². The minimum atomic E-state index is -0.377. The SMILES string of the molecule is Cc1ncc(F)[nH]1. The van der Waals surface area contributed by atoms with E-state index in [-0.39, 0.29) is 5.95 Å². The monoisotopic (exact) mass is 100 g/mol. The van der Waals surface area contributed by atoms with Crippen molar-refractivity contribution in [3.05, 3.63) is 18.0 Å². The summed E-state index contributed by atoms with van der Waals surface area (Å²) < 4.78 is 11.8. The lowest BCUT2D eigenvalue weighted by atomic mass is 10.8. The first kappa shape index (κ1) is 4.30. The molecule has 0 saturated carbocycles. The fraction of sp³-hybridized carbons (Fsp3) is 0.250. The van der Waals surface area contributed by atoms with Crippen LogP contribution in [-0.4, -0.2) is 9.97 Å². The smallest absolute Gasteiger partial charge is 0.210 e. The van der Waals surface area contributed by atoms with Crippen molar-refractivity contribution in [1.29, 1.82) is 0 Å². The lowest BCUT2D eigenvalue weighted by Gasteiger charge is -1.71. The molecule has 1 heterocycles. The van der Waals surface area contributed by atoms with E-state index in [0.29, 0.717) is 5.82 Å². The van der Waals surface area contributed by atoms with Crippen molar-refractivity contribution >= 4 is 0 Å². The number of nitrogens with zero attached hydrogens (tertiary/aromatic N) is 1. The zero-order chi connectivity index (χ0) is 5.28. The van der Waals surface area contributed by atoms with Gasteiger partial charge >= 0.3 is 0 Å². The molecule has 2 nitrogen and oxygen atoms in total. The number of aromatic amines is 1. The van der Waals surface area contributed by atoms with Crippen LogP contribution in [0.4, 0.5) is 4.39 Å². The zero-order valence-corrected chi connectivity index (χ0v) is 3.90. The average molecular weight is 100 g/mol. The Morgan fingerprint density at radius 1 is 1.86 bits per heavy atom. The molecule has 0 aliphatic carbocycles. The number of aromatic nitrogens is 2. The van der Waals surface area contributed by atoms with Gasteiger partial charge in [-0.15, -0.1) is 0 Å². The van der Waals surface area contributed by atoms with Crippen molar-refractivity contribution in [2.75, 3.05) is 0 Å². The lowest BCUT2D eigenvalue weighted by molar-refractivity contribution is 0.589. The highest BCUT2D eigenvalue weighted by atomic mass is 19.1. The lowest BCUT2D eigenvalue weighted by Crippen LogP contribution is -1.70. The molecule has 0 aromatic carbocycles. The van der Waals surface area contributed by atoms with Gasteiger partial charge in [0.2, 0.25) is 5.95 Å². The maximum absolute atomic E-state index is 11.8. The van der Waals surface area contributed by atoms with Gasteiger partial charge in [0.1, 0.15) is 5.82 Å². The van der Waals surface area contributed by atoms with E-state index in [1.165, 1.54) is 0 Å². The van der Waals surface area contributed by atoms with Gasteiger partial charge in [-0.25, -0.2) is 4.98 Å². The standard InChI is InChI=1S/C4H5FN2/c1-3-6-2-4(5)7-3/h2H,1H3,(H,6,7). The van der Waals surface area contributed by atoms with Gasteiger partial charge in [0.05, 0.1) is 6.20 Å². The number of aryl methyl sites for hydroxylation is 1. The van der Waals surface area contributed by atoms with E-state index in [2.05, 4.69) is 9.97 Å². The summed E-state index contributed by atoms with van der Waals surface area (Å²) in [4.78, 5) is 5.95. The first-order valence-electron chi connectivity index (χ1n) is 1.96. The van der Waals surface area contributed by atoms with Crippen molar-refractivity contribution < 1.29 is 4.39 Å². The largest absolute Gasteiger partial charge is 0.319 e. The Kier molecular flexibility index (Phi) is 0.817. The number of hydrogen-bond donors (Lipinski definition) is 1. The fourth-order valence-electron chi connectivity index (χ4n) is 0.391. The highest BCUT2D eigenvalue weighted by Gasteiger charge is 1.88. The van der Waals surface area contributed by atoms with Gasteiger partial charge in [-0.1, -0.05) is 0 Å². The number of halogens is 1. The fourth-order valence-corrected chi connectivity index (χ4v) is 0.391. The second kappa shape index (κ2) is 1.33. The molecule has 7 heavy (non-hydrogen) atoms. The van der Waals surface area contributed by atoms with Crippen LogP contribution < -0.4 is 0 Å². The zero-order valence-electron chi connectivity index (χ0n) is 3.90. The molecular formula is C4H5FN2. The van der Waals surface area contributed by atoms with Crippen LogP contribution in [0.2, 0.25) is 0 Å². The number of rotatable bonds is 0. The van der Waals surface area contributed by atoms with E-state index in [1.807, 2.05) is 0 Å². The van der Waals surface area contributed by atoms with Gasteiger partial charge in [0.25, 0.3) is 0 Å². The van der Waals surface area contributed by atoms with Crippen LogP contribution in [0.15, 0.2) is 6.20 Å². The van der Waals surface area contributed by atoms with Crippen LogP contribution in [0.5, 0.6) is 0 Å². The quantitative estimate of drug-likeness (QED) is 0.514. The van der Waals surface area contributed by atoms with Crippen LogP contribution in [0, 0.1) is 12.9 Å². The topological polar surface area (TPSA) is 28.7 Å². The highest BCUT2D eigenvalue weighted by Crippen LogP contribution is 1.89. The second-order valence-electron chi connectivity index (χ2n) is 1.32. The summed E-state index contributed by atoms with van der Waals surface area (Å²) in [6.07, 6.45) is 1.15. The Hall–Kier alpha value is -0.860. The van der Waals surface area contributed by atoms with Crippen molar-refractivity contribution in [2.45, 2.75) is 6.92 Å². The summed E-state index contributed by atoms with van der Waals surface area (Å²) >= 11 is 0. The third-order valence-corrected chi connectivity index (χ3v) is 0.672. The van der Waals surface area contributed by atoms with Crippen molar-refractivity contribution in [1.82, 2.24) is 9.97 Å². The van der Waals surface area contributed by atoms with Crippen molar-refractivity contribution in [3.63, 3.8) is 0 Å². The highest BCUT2D eigenvalue weighted by molar-refractivity contribution is 4.84. The summed E-state index contributed by atoms with van der Waals surface area (Å²) in [5.74, 6) is 0.231. The first-order valence-corrected chi connectivity index (χ1v) is 1.96. The molecule has 1 N–H and O–H groups in total. The van der Waals surface area contributed by atoms with Gasteiger partial charge in [-0.05, 0) is 6.92 Å². The summed E-state index contributed by atoms with van der Waals surface area (Å²) in [5.41, 5.74) is 0. The summed E-state index contributed by atoms with van der Waals surface area (Å²) in [6.45, 7) is 1.70. The Morgan fingerprint density at radius 2 is 2.57 bits per heavy atom. The molecule has 38 valence electrons. The van der Waals surface area contributed by atoms with E-state index >= 15 is 0 Å². The van der Waals surface area contributed by atoms with E-state index in [4.69, 9.17) is 0 Å². The molecule has 1 rings (SSSR count). The third-order valence-electron chi connectivity index (χ3n) is 0.672. The molecule has 0 radical (unpaired) electrons. The summed E-state index contributed by atoms with van der Waals surface area (Å²) in [5, 5.41) is 0. The van der Waals surface area contributed by atoms with Gasteiger partial charge in [0, 0.05) is 0 Å². The third kappa shape index (κ3) is 0.765. The number of H-pyrrole nitrogens is 1. The first-order chi connectivity index (χ1) is 3.29. The van der Waals surface area contributed by atoms with E-state index in [9.17, 15) is 4.39 Å². The normalized spacial score (nSPS) is 9.43. The minimum absolute atomic E-state index is 0.377. The maximum Gasteiger partial charge on any atom is 0.210 e. The average Bonchev–Trinajstić information content (AvgIpc) is 1.87. The van der Waals surface area contributed by atoms with Crippen LogP contribution >= 0.6 is 0 Å². The maximum atomic E-state index is 11.8. The molecule has 0 fully saturated rings. The molecular weight excluding hydrogens is 95.1 g/mol. The molecule has 0 saturated heterocycles. The van der Waals surface area contributed by atoms with Crippen LogP contribution in [0.3, 0.4) is 0 Å². The van der Waals surface area contributed by atoms with Crippen LogP contribution in [-0.2, 0) is 0 Å². The Balaban J connectivity index is 3.04. The molecule has 1 aromatic heterocycles. The molecule has 0 aliphatic rings. The molecule has 3 heteroatoms. The second-order valence-corrected chi connectivity index (χ2v) is 1.32. The van der Waals surface area contributed by atoms with Gasteiger partial charge in [0.15, 0.2) is 0 Å². The van der Waals surface area contributed by atoms with E-state index in [1.54, 1.807) is 6.92 Å². The van der Waals surface area contributed by atoms with Crippen molar-refractivity contribution in [2.24, 2.45) is 0 Å². The van der Waals surface area contributed by atoms with E-state index < -0.39 is 0 Å².